The van der Waals surface area contributed by atoms with E-state index in [0.29, 0.717) is 0 Å². The van der Waals surface area contributed by atoms with Gasteiger partial charge in [-0.2, -0.15) is 0 Å². The van der Waals surface area contributed by atoms with Gasteiger partial charge >= 0.3 is 0 Å². The van der Waals surface area contributed by atoms with Crippen LogP contribution < -0.4 is 0 Å². The van der Waals surface area contributed by atoms with Gasteiger partial charge in [-0.25, -0.2) is 0 Å². The molecule has 3 heteroatoms. The Hall–Kier alpha value is -2.23. The highest BCUT2D eigenvalue weighted by molar-refractivity contribution is 6.74. The second-order valence-electron chi connectivity index (χ2n) is 11.0. The number of hydrogen-bond acceptors (Lipinski definition) is 2. The van der Waals surface area contributed by atoms with Crippen molar-refractivity contribution in [1.82, 2.24) is 4.98 Å². The lowest BCUT2D eigenvalue weighted by Gasteiger charge is -2.40. The van der Waals surface area contributed by atoms with E-state index in [4.69, 9.17) is 9.41 Å². The number of hydrogen-bond donors (Lipinski definition) is 0. The summed E-state index contributed by atoms with van der Waals surface area (Å²) in [6, 6.07) is 17.5. The molecular formula is C31H43NOSi. The molecule has 1 unspecified atom stereocenters. The summed E-state index contributed by atoms with van der Waals surface area (Å²) >= 11 is 0. The van der Waals surface area contributed by atoms with Crippen LogP contribution in [-0.4, -0.2) is 13.3 Å². The zero-order valence-corrected chi connectivity index (χ0v) is 23.5. The molecule has 0 saturated carbocycles. The number of benzene rings is 2. The van der Waals surface area contributed by atoms with Gasteiger partial charge in [0.15, 0.2) is 8.32 Å². The van der Waals surface area contributed by atoms with Crippen LogP contribution in [0, 0.1) is 0 Å². The molecule has 0 N–H and O–H groups in total. The summed E-state index contributed by atoms with van der Waals surface area (Å²) in [7, 11) is -2.06. The zero-order valence-electron chi connectivity index (χ0n) is 22.5. The second kappa shape index (κ2) is 11.0. The molecule has 0 amide bonds. The fourth-order valence-electron chi connectivity index (χ4n) is 4.24. The Bertz CT molecular complexity index is 1130. The lowest BCUT2D eigenvalue weighted by atomic mass is 9.90. The van der Waals surface area contributed by atoms with Crippen molar-refractivity contribution in [3.05, 3.63) is 83.2 Å². The van der Waals surface area contributed by atoms with Crippen LogP contribution in [0.4, 0.5) is 0 Å². The first-order chi connectivity index (χ1) is 16.1. The van der Waals surface area contributed by atoms with Crippen molar-refractivity contribution in [1.29, 1.82) is 0 Å². The largest absolute Gasteiger partial charge is 0.406 e. The van der Waals surface area contributed by atoms with Crippen molar-refractivity contribution in [2.75, 3.05) is 0 Å². The molecule has 0 aliphatic carbocycles. The molecule has 0 saturated heterocycles. The van der Waals surface area contributed by atoms with Gasteiger partial charge in [-0.3, -0.25) is 4.98 Å². The lowest BCUT2D eigenvalue weighted by molar-refractivity contribution is 0.222. The van der Waals surface area contributed by atoms with Gasteiger partial charge in [0, 0.05) is 22.8 Å². The first-order valence-corrected chi connectivity index (χ1v) is 15.8. The fraction of sp³-hybridized carbons (Fsp3) is 0.452. The Labute approximate surface area is 208 Å². The van der Waals surface area contributed by atoms with Gasteiger partial charge in [0.2, 0.25) is 0 Å². The maximum absolute atomic E-state index is 7.22. The predicted molar refractivity (Wildman–Crippen MR) is 151 cm³/mol. The summed E-state index contributed by atoms with van der Waals surface area (Å²) in [5.41, 5.74) is 6.23. The maximum Gasteiger partial charge on any atom is 0.193 e. The summed E-state index contributed by atoms with van der Waals surface area (Å²) in [5.74, 6) is 0. The van der Waals surface area contributed by atoms with Crippen molar-refractivity contribution in [2.24, 2.45) is 0 Å². The third-order valence-electron chi connectivity index (χ3n) is 7.29. The molecule has 2 aromatic carbocycles. The SMILES string of the molecule is CCC/C=C(\C)c1cccc2c(C(O[Si](C)(C)C(C)(C)C)c3ccccc3)c(CCC)ncc12. The standard InChI is InChI=1S/C31H43NOSi/c1-9-11-17-23(3)25-20-15-21-26-27(25)22-32-28(16-10-2)29(26)30(24-18-13-12-14-19-24)33-34(7,8)31(4,5)6/h12-15,17-22,30H,9-11,16H2,1-8H3/b23-17+. The van der Waals surface area contributed by atoms with E-state index in [1.54, 1.807) is 0 Å². The third-order valence-corrected chi connectivity index (χ3v) is 11.7. The third kappa shape index (κ3) is 5.70. The number of aromatic nitrogens is 1. The number of aryl methyl sites for hydroxylation is 1. The molecule has 0 radical (unpaired) electrons. The van der Waals surface area contributed by atoms with Crippen LogP contribution in [0.2, 0.25) is 18.1 Å². The monoisotopic (exact) mass is 473 g/mol. The molecule has 34 heavy (non-hydrogen) atoms. The number of allylic oxidation sites excluding steroid dienone is 2. The van der Waals surface area contributed by atoms with E-state index in [9.17, 15) is 0 Å². The minimum atomic E-state index is -2.06. The summed E-state index contributed by atoms with van der Waals surface area (Å²) in [4.78, 5) is 5.07. The summed E-state index contributed by atoms with van der Waals surface area (Å²) in [6.45, 7) is 18.3. The topological polar surface area (TPSA) is 22.1 Å². The molecule has 0 aliphatic heterocycles. The Kier molecular flexibility index (Phi) is 8.54. The van der Waals surface area contributed by atoms with E-state index in [1.807, 2.05) is 0 Å². The Morgan fingerprint density at radius 1 is 0.971 bits per heavy atom. The lowest BCUT2D eigenvalue weighted by Crippen LogP contribution is -2.42. The number of fused-ring (bicyclic) bond motifs is 1. The number of rotatable bonds is 9. The first-order valence-electron chi connectivity index (χ1n) is 12.9. The molecule has 1 aromatic heterocycles. The summed E-state index contributed by atoms with van der Waals surface area (Å²) < 4.78 is 7.22. The van der Waals surface area contributed by atoms with E-state index in [-0.39, 0.29) is 11.1 Å². The van der Waals surface area contributed by atoms with Crippen molar-refractivity contribution in [2.45, 2.75) is 91.5 Å². The molecule has 0 bridgehead atoms. The van der Waals surface area contributed by atoms with Crippen LogP contribution in [0.25, 0.3) is 16.3 Å². The number of unbranched alkanes of at least 4 members (excludes halogenated alkanes) is 1. The molecule has 2 nitrogen and oxygen atoms in total. The second-order valence-corrected chi connectivity index (χ2v) is 15.7. The van der Waals surface area contributed by atoms with Gasteiger partial charge in [-0.1, -0.05) is 102 Å². The maximum atomic E-state index is 7.22. The van der Waals surface area contributed by atoms with Crippen molar-refractivity contribution in [3.63, 3.8) is 0 Å². The van der Waals surface area contributed by atoms with Gasteiger partial charge in [0.1, 0.15) is 0 Å². The van der Waals surface area contributed by atoms with Gasteiger partial charge in [-0.05, 0) is 60.0 Å². The molecule has 3 aromatic rings. The average Bonchev–Trinajstić information content (AvgIpc) is 2.80. The minimum absolute atomic E-state index is 0.119. The molecular weight excluding hydrogens is 430 g/mol. The molecule has 0 fully saturated rings. The normalized spacial score (nSPS) is 13.9. The van der Waals surface area contributed by atoms with E-state index in [1.165, 1.54) is 33.0 Å². The molecule has 182 valence electrons. The fourth-order valence-corrected chi connectivity index (χ4v) is 5.44. The van der Waals surface area contributed by atoms with Gasteiger partial charge in [0.05, 0.1) is 6.10 Å². The van der Waals surface area contributed by atoms with E-state index in [2.05, 4.69) is 115 Å². The van der Waals surface area contributed by atoms with Crippen LogP contribution in [0.1, 0.15) is 89.3 Å². The predicted octanol–water partition coefficient (Wildman–Crippen LogP) is 9.50. The van der Waals surface area contributed by atoms with Crippen LogP contribution >= 0.6 is 0 Å². The minimum Gasteiger partial charge on any atom is -0.406 e. The molecule has 3 rings (SSSR count). The van der Waals surface area contributed by atoms with Crippen molar-refractivity contribution >= 4 is 24.7 Å². The van der Waals surface area contributed by atoms with Crippen molar-refractivity contribution < 1.29 is 4.43 Å². The molecule has 0 aliphatic rings. The highest BCUT2D eigenvalue weighted by atomic mass is 28.4. The van der Waals surface area contributed by atoms with Crippen LogP contribution in [0.15, 0.2) is 60.8 Å². The van der Waals surface area contributed by atoms with Crippen molar-refractivity contribution in [3.8, 4) is 0 Å². The van der Waals surface area contributed by atoms with E-state index < -0.39 is 8.32 Å². The van der Waals surface area contributed by atoms with Gasteiger partial charge < -0.3 is 4.43 Å². The molecule has 0 spiro atoms. The first kappa shape index (κ1) is 26.4. The smallest absolute Gasteiger partial charge is 0.193 e. The number of nitrogens with zero attached hydrogens (tertiary/aromatic N) is 1. The van der Waals surface area contributed by atoms with E-state index >= 15 is 0 Å². The molecule has 1 heterocycles. The summed E-state index contributed by atoms with van der Waals surface area (Å²) in [6.07, 6.45) is 8.58. The highest BCUT2D eigenvalue weighted by Gasteiger charge is 2.40. The van der Waals surface area contributed by atoms with Crippen LogP contribution in [-0.2, 0) is 10.8 Å². The molecule has 1 atom stereocenters. The quantitative estimate of drug-likeness (QED) is 0.289. The zero-order chi connectivity index (χ0) is 24.9. The number of pyridine rings is 1. The van der Waals surface area contributed by atoms with Crippen LogP contribution in [0.5, 0.6) is 0 Å². The van der Waals surface area contributed by atoms with E-state index in [0.717, 1.165) is 31.4 Å². The Morgan fingerprint density at radius 3 is 2.29 bits per heavy atom. The summed E-state index contributed by atoms with van der Waals surface area (Å²) in [5, 5.41) is 2.61. The Balaban J connectivity index is 2.32. The average molecular weight is 474 g/mol. The highest BCUT2D eigenvalue weighted by Crippen LogP contribution is 2.44. The van der Waals surface area contributed by atoms with Gasteiger partial charge in [-0.15, -0.1) is 0 Å². The Morgan fingerprint density at radius 2 is 1.68 bits per heavy atom. The van der Waals surface area contributed by atoms with Gasteiger partial charge in [0.25, 0.3) is 0 Å². The van der Waals surface area contributed by atoms with Crippen LogP contribution in [0.3, 0.4) is 0 Å².